The molecule has 1 aromatic heterocycles. The zero-order valence-electron chi connectivity index (χ0n) is 15.6. The molecule has 0 saturated carbocycles. The second-order valence-electron chi connectivity index (χ2n) is 7.39. The van der Waals surface area contributed by atoms with Crippen LogP contribution >= 0.6 is 0 Å². The summed E-state index contributed by atoms with van der Waals surface area (Å²) in [4.78, 5) is 0. The van der Waals surface area contributed by atoms with Crippen LogP contribution in [-0.2, 0) is 13.0 Å². The van der Waals surface area contributed by atoms with Gasteiger partial charge in [-0.25, -0.2) is 0 Å². The van der Waals surface area contributed by atoms with E-state index in [2.05, 4.69) is 71.5 Å². The molecule has 26 heavy (non-hydrogen) atoms. The van der Waals surface area contributed by atoms with Gasteiger partial charge in [-0.2, -0.15) is 0 Å². The molecule has 1 aliphatic heterocycles. The van der Waals surface area contributed by atoms with Crippen LogP contribution in [0.15, 0.2) is 54.7 Å². The topological polar surface area (TPSA) is 26.2 Å². The molecule has 3 aromatic rings. The Morgan fingerprint density at radius 2 is 1.85 bits per heavy atom. The highest BCUT2D eigenvalue weighted by molar-refractivity contribution is 5.80. The lowest BCUT2D eigenvalue weighted by molar-refractivity contribution is 0.162. The SMILES string of the molecule is Cc1ccc2c(ccn2CCCc2ccc(OC3CCNCC3)cc2)c1. The highest BCUT2D eigenvalue weighted by Gasteiger charge is 2.14. The lowest BCUT2D eigenvalue weighted by Crippen LogP contribution is -2.34. The number of piperidine rings is 1. The van der Waals surface area contributed by atoms with Gasteiger partial charge in [-0.1, -0.05) is 23.8 Å². The van der Waals surface area contributed by atoms with Gasteiger partial charge in [-0.15, -0.1) is 0 Å². The first-order valence-electron chi connectivity index (χ1n) is 9.80. The van der Waals surface area contributed by atoms with Gasteiger partial charge in [0.1, 0.15) is 11.9 Å². The summed E-state index contributed by atoms with van der Waals surface area (Å²) < 4.78 is 8.45. The fourth-order valence-electron chi connectivity index (χ4n) is 3.81. The Hall–Kier alpha value is -2.26. The Kier molecular flexibility index (Phi) is 5.26. The van der Waals surface area contributed by atoms with Crippen molar-refractivity contribution in [1.82, 2.24) is 9.88 Å². The van der Waals surface area contributed by atoms with Crippen molar-refractivity contribution in [1.29, 1.82) is 0 Å². The number of aromatic nitrogens is 1. The fourth-order valence-corrected chi connectivity index (χ4v) is 3.81. The van der Waals surface area contributed by atoms with E-state index in [1.54, 1.807) is 0 Å². The average molecular weight is 348 g/mol. The van der Waals surface area contributed by atoms with Gasteiger partial charge in [0.05, 0.1) is 0 Å². The van der Waals surface area contributed by atoms with Crippen molar-refractivity contribution in [3.05, 3.63) is 65.9 Å². The molecular formula is C23H28N2O. The molecule has 3 heteroatoms. The summed E-state index contributed by atoms with van der Waals surface area (Å²) in [5.41, 5.74) is 4.04. The maximum absolute atomic E-state index is 6.09. The summed E-state index contributed by atoms with van der Waals surface area (Å²) in [6, 6.07) is 17.6. The van der Waals surface area contributed by atoms with E-state index in [1.807, 2.05) is 0 Å². The molecule has 0 amide bonds. The van der Waals surface area contributed by atoms with Gasteiger partial charge in [0, 0.05) is 18.3 Å². The van der Waals surface area contributed by atoms with Gasteiger partial charge in [-0.3, -0.25) is 0 Å². The number of benzene rings is 2. The normalized spacial score (nSPS) is 15.4. The summed E-state index contributed by atoms with van der Waals surface area (Å²) in [5, 5.41) is 4.71. The summed E-state index contributed by atoms with van der Waals surface area (Å²) in [6.07, 6.45) is 7.02. The Morgan fingerprint density at radius 3 is 2.65 bits per heavy atom. The highest BCUT2D eigenvalue weighted by Crippen LogP contribution is 2.20. The van der Waals surface area contributed by atoms with Gasteiger partial charge in [0.2, 0.25) is 0 Å². The first kappa shape index (κ1) is 17.2. The van der Waals surface area contributed by atoms with Gasteiger partial charge in [0.25, 0.3) is 0 Å². The van der Waals surface area contributed by atoms with Crippen LogP contribution in [0, 0.1) is 6.92 Å². The number of ether oxygens (including phenoxy) is 1. The molecule has 136 valence electrons. The molecule has 1 fully saturated rings. The number of aryl methyl sites for hydroxylation is 3. The summed E-state index contributed by atoms with van der Waals surface area (Å²) >= 11 is 0. The van der Waals surface area contributed by atoms with Crippen LogP contribution in [0.1, 0.15) is 30.4 Å². The van der Waals surface area contributed by atoms with E-state index in [0.717, 1.165) is 51.1 Å². The Morgan fingerprint density at radius 1 is 1.04 bits per heavy atom. The summed E-state index contributed by atoms with van der Waals surface area (Å²) in [6.45, 7) is 5.34. The van der Waals surface area contributed by atoms with E-state index in [1.165, 1.54) is 22.0 Å². The van der Waals surface area contributed by atoms with Gasteiger partial charge in [-0.05, 0) is 87.0 Å². The third-order valence-electron chi connectivity index (χ3n) is 5.30. The standard InChI is InChI=1S/C23H28N2O/c1-18-4-9-23-20(17-18)12-16-25(23)15-2-3-19-5-7-21(8-6-19)26-22-10-13-24-14-11-22/h4-9,12,16-17,22,24H,2-3,10-11,13-15H2,1H3. The monoisotopic (exact) mass is 348 g/mol. The first-order valence-corrected chi connectivity index (χ1v) is 9.80. The van der Waals surface area contributed by atoms with Gasteiger partial charge < -0.3 is 14.6 Å². The molecule has 3 nitrogen and oxygen atoms in total. The predicted molar refractivity (Wildman–Crippen MR) is 108 cm³/mol. The van der Waals surface area contributed by atoms with Gasteiger partial charge in [0.15, 0.2) is 0 Å². The quantitative estimate of drug-likeness (QED) is 0.698. The third-order valence-corrected chi connectivity index (χ3v) is 5.30. The van der Waals surface area contributed by atoms with Crippen LogP contribution in [-0.4, -0.2) is 23.8 Å². The van der Waals surface area contributed by atoms with Crippen molar-refractivity contribution in [2.75, 3.05) is 13.1 Å². The second kappa shape index (κ2) is 7.96. The van der Waals surface area contributed by atoms with Crippen molar-refractivity contribution in [2.24, 2.45) is 0 Å². The maximum Gasteiger partial charge on any atom is 0.119 e. The molecule has 4 rings (SSSR count). The number of rotatable bonds is 6. The minimum atomic E-state index is 0.368. The van der Waals surface area contributed by atoms with Crippen molar-refractivity contribution in [3.63, 3.8) is 0 Å². The van der Waals surface area contributed by atoms with Crippen LogP contribution in [0.3, 0.4) is 0 Å². The first-order chi connectivity index (χ1) is 12.8. The molecule has 1 saturated heterocycles. The summed E-state index contributed by atoms with van der Waals surface area (Å²) in [5.74, 6) is 1.01. The minimum absolute atomic E-state index is 0.368. The number of fused-ring (bicyclic) bond motifs is 1. The van der Waals surface area contributed by atoms with Crippen molar-refractivity contribution >= 4 is 10.9 Å². The number of hydrogen-bond acceptors (Lipinski definition) is 2. The van der Waals surface area contributed by atoms with E-state index in [-0.39, 0.29) is 0 Å². The predicted octanol–water partition coefficient (Wildman–Crippen LogP) is 4.71. The second-order valence-corrected chi connectivity index (χ2v) is 7.39. The van der Waals surface area contributed by atoms with Gasteiger partial charge >= 0.3 is 0 Å². The van der Waals surface area contributed by atoms with Crippen LogP contribution in [0.25, 0.3) is 10.9 Å². The smallest absolute Gasteiger partial charge is 0.119 e. The Balaban J connectivity index is 1.30. The molecule has 0 atom stereocenters. The van der Waals surface area contributed by atoms with E-state index in [0.29, 0.717) is 6.10 Å². The molecule has 0 spiro atoms. The van der Waals surface area contributed by atoms with Crippen LogP contribution in [0.4, 0.5) is 0 Å². The molecule has 0 unspecified atom stereocenters. The van der Waals surface area contributed by atoms with Crippen molar-refractivity contribution < 1.29 is 4.74 Å². The van der Waals surface area contributed by atoms with E-state index in [4.69, 9.17) is 4.74 Å². The maximum atomic E-state index is 6.09. The zero-order chi connectivity index (χ0) is 17.8. The molecule has 1 aliphatic rings. The number of hydrogen-bond donors (Lipinski definition) is 1. The van der Waals surface area contributed by atoms with Crippen LogP contribution in [0.5, 0.6) is 5.75 Å². The largest absolute Gasteiger partial charge is 0.490 e. The van der Waals surface area contributed by atoms with Crippen LogP contribution in [0.2, 0.25) is 0 Å². The Bertz CT molecular complexity index is 844. The molecule has 1 N–H and O–H groups in total. The highest BCUT2D eigenvalue weighted by atomic mass is 16.5. The molecule has 0 radical (unpaired) electrons. The molecular weight excluding hydrogens is 320 g/mol. The molecule has 0 bridgehead atoms. The Labute approximate surface area is 156 Å². The van der Waals surface area contributed by atoms with Crippen molar-refractivity contribution in [3.8, 4) is 5.75 Å². The lowest BCUT2D eigenvalue weighted by Gasteiger charge is -2.23. The fraction of sp³-hybridized carbons (Fsp3) is 0.391. The lowest BCUT2D eigenvalue weighted by atomic mass is 10.1. The summed E-state index contributed by atoms with van der Waals surface area (Å²) in [7, 11) is 0. The zero-order valence-corrected chi connectivity index (χ0v) is 15.6. The minimum Gasteiger partial charge on any atom is -0.490 e. The van der Waals surface area contributed by atoms with E-state index in [9.17, 15) is 0 Å². The van der Waals surface area contributed by atoms with Crippen molar-refractivity contribution in [2.45, 2.75) is 45.3 Å². The van der Waals surface area contributed by atoms with E-state index < -0.39 is 0 Å². The van der Waals surface area contributed by atoms with Crippen LogP contribution < -0.4 is 10.1 Å². The molecule has 0 aliphatic carbocycles. The van der Waals surface area contributed by atoms with E-state index >= 15 is 0 Å². The average Bonchev–Trinajstić information content (AvgIpc) is 3.06. The molecule has 2 heterocycles. The number of nitrogens with zero attached hydrogens (tertiary/aromatic N) is 1. The number of nitrogens with one attached hydrogen (secondary N) is 1. The third kappa shape index (κ3) is 4.10. The molecule has 2 aromatic carbocycles.